The summed E-state index contributed by atoms with van der Waals surface area (Å²) in [5.74, 6) is 1.28. The maximum absolute atomic E-state index is 12.4. The van der Waals surface area contributed by atoms with Crippen LogP contribution >= 0.6 is 11.8 Å². The smallest absolute Gasteiger partial charge is 0.255 e. The van der Waals surface area contributed by atoms with Crippen molar-refractivity contribution in [2.75, 3.05) is 30.6 Å². The summed E-state index contributed by atoms with van der Waals surface area (Å²) < 4.78 is 10.3. The van der Waals surface area contributed by atoms with Gasteiger partial charge < -0.3 is 20.1 Å². The van der Waals surface area contributed by atoms with Gasteiger partial charge in [-0.2, -0.15) is 0 Å². The number of carbonyl (C=O) groups excluding carboxylic acids is 2. The first-order valence-corrected chi connectivity index (χ1v) is 10.2. The Balaban J connectivity index is 1.55. The minimum atomic E-state index is -0.212. The van der Waals surface area contributed by atoms with Crippen LogP contribution in [0.5, 0.6) is 11.5 Å². The number of anilines is 2. The third-order valence-electron chi connectivity index (χ3n) is 4.17. The summed E-state index contributed by atoms with van der Waals surface area (Å²) in [5.41, 5.74) is 1.88. The van der Waals surface area contributed by atoms with Gasteiger partial charge in [-0.1, -0.05) is 12.1 Å². The van der Waals surface area contributed by atoms with E-state index in [9.17, 15) is 9.59 Å². The molecule has 0 radical (unpaired) electrons. The number of benzene rings is 3. The SMILES string of the molecule is COc1ccc(C(=O)Nc2cccc(SCC(=O)Nc3cccc(OC)c3)c2)cc1. The second-order valence-electron chi connectivity index (χ2n) is 6.28. The number of rotatable bonds is 8. The minimum Gasteiger partial charge on any atom is -0.497 e. The van der Waals surface area contributed by atoms with Crippen LogP contribution in [0.1, 0.15) is 10.4 Å². The molecule has 0 aliphatic carbocycles. The van der Waals surface area contributed by atoms with E-state index in [0.29, 0.717) is 28.4 Å². The molecule has 154 valence electrons. The number of carbonyl (C=O) groups is 2. The molecular formula is C23H22N2O4S. The van der Waals surface area contributed by atoms with E-state index in [-0.39, 0.29) is 17.6 Å². The van der Waals surface area contributed by atoms with Gasteiger partial charge in [-0.25, -0.2) is 0 Å². The molecule has 0 spiro atoms. The van der Waals surface area contributed by atoms with Crippen LogP contribution in [0, 0.1) is 0 Å². The first kappa shape index (κ1) is 21.3. The fraction of sp³-hybridized carbons (Fsp3) is 0.130. The van der Waals surface area contributed by atoms with E-state index in [0.717, 1.165) is 4.90 Å². The Morgan fingerprint density at radius 3 is 2.17 bits per heavy atom. The highest BCUT2D eigenvalue weighted by molar-refractivity contribution is 8.00. The number of ether oxygens (including phenoxy) is 2. The average Bonchev–Trinajstić information content (AvgIpc) is 2.78. The standard InChI is InChI=1S/C23H22N2O4S/c1-28-19-11-9-16(10-12-19)23(27)25-18-6-4-8-21(14-18)30-15-22(26)24-17-5-3-7-20(13-17)29-2/h3-14H,15H2,1-2H3,(H,24,26)(H,25,27). The zero-order chi connectivity index (χ0) is 21.3. The van der Waals surface area contributed by atoms with Crippen LogP contribution in [0.25, 0.3) is 0 Å². The number of nitrogens with one attached hydrogen (secondary N) is 2. The van der Waals surface area contributed by atoms with Crippen molar-refractivity contribution in [2.24, 2.45) is 0 Å². The Hall–Kier alpha value is -3.45. The van der Waals surface area contributed by atoms with E-state index >= 15 is 0 Å². The lowest BCUT2D eigenvalue weighted by Crippen LogP contribution is -2.14. The average molecular weight is 423 g/mol. The molecular weight excluding hydrogens is 400 g/mol. The Morgan fingerprint density at radius 1 is 0.800 bits per heavy atom. The van der Waals surface area contributed by atoms with E-state index in [2.05, 4.69) is 10.6 Å². The van der Waals surface area contributed by atoms with Crippen LogP contribution in [0.2, 0.25) is 0 Å². The molecule has 0 atom stereocenters. The number of thioether (sulfide) groups is 1. The van der Waals surface area contributed by atoms with Crippen LogP contribution in [0.3, 0.4) is 0 Å². The predicted molar refractivity (Wildman–Crippen MR) is 120 cm³/mol. The molecule has 0 aliphatic heterocycles. The number of methoxy groups -OCH3 is 2. The van der Waals surface area contributed by atoms with Crippen molar-refractivity contribution in [3.8, 4) is 11.5 Å². The molecule has 0 aliphatic rings. The van der Waals surface area contributed by atoms with Crippen molar-refractivity contribution >= 4 is 35.0 Å². The molecule has 0 saturated carbocycles. The van der Waals surface area contributed by atoms with Gasteiger partial charge in [-0.3, -0.25) is 9.59 Å². The predicted octanol–water partition coefficient (Wildman–Crippen LogP) is 4.69. The molecule has 30 heavy (non-hydrogen) atoms. The molecule has 2 amide bonds. The van der Waals surface area contributed by atoms with Gasteiger partial charge in [0, 0.05) is 27.9 Å². The summed E-state index contributed by atoms with van der Waals surface area (Å²) in [4.78, 5) is 25.5. The monoisotopic (exact) mass is 422 g/mol. The molecule has 2 N–H and O–H groups in total. The van der Waals surface area contributed by atoms with Crippen LogP contribution in [0.4, 0.5) is 11.4 Å². The van der Waals surface area contributed by atoms with Crippen molar-refractivity contribution in [2.45, 2.75) is 4.90 Å². The summed E-state index contributed by atoms with van der Waals surface area (Å²) >= 11 is 1.39. The minimum absolute atomic E-state index is 0.124. The lowest BCUT2D eigenvalue weighted by molar-refractivity contribution is -0.113. The van der Waals surface area contributed by atoms with Crippen molar-refractivity contribution in [3.05, 3.63) is 78.4 Å². The van der Waals surface area contributed by atoms with E-state index in [1.165, 1.54) is 11.8 Å². The quantitative estimate of drug-likeness (QED) is 0.515. The molecule has 0 saturated heterocycles. The molecule has 7 heteroatoms. The molecule has 0 bridgehead atoms. The van der Waals surface area contributed by atoms with Crippen LogP contribution in [-0.2, 0) is 4.79 Å². The zero-order valence-electron chi connectivity index (χ0n) is 16.7. The van der Waals surface area contributed by atoms with E-state index < -0.39 is 0 Å². The number of hydrogen-bond donors (Lipinski definition) is 2. The summed E-state index contributed by atoms with van der Waals surface area (Å²) in [6.45, 7) is 0. The molecule has 3 aromatic rings. The van der Waals surface area contributed by atoms with Crippen LogP contribution in [-0.4, -0.2) is 31.8 Å². The fourth-order valence-corrected chi connectivity index (χ4v) is 3.41. The molecule has 0 aromatic heterocycles. The second kappa shape index (κ2) is 10.4. The lowest BCUT2D eigenvalue weighted by atomic mass is 10.2. The fourth-order valence-electron chi connectivity index (χ4n) is 2.66. The van der Waals surface area contributed by atoms with Crippen molar-refractivity contribution < 1.29 is 19.1 Å². The largest absolute Gasteiger partial charge is 0.497 e. The Bertz CT molecular complexity index is 1020. The van der Waals surface area contributed by atoms with Crippen LogP contribution < -0.4 is 20.1 Å². The van der Waals surface area contributed by atoms with Crippen molar-refractivity contribution in [1.82, 2.24) is 0 Å². The Morgan fingerprint density at radius 2 is 1.47 bits per heavy atom. The van der Waals surface area contributed by atoms with Gasteiger partial charge in [0.1, 0.15) is 11.5 Å². The highest BCUT2D eigenvalue weighted by Crippen LogP contribution is 2.23. The van der Waals surface area contributed by atoms with Crippen molar-refractivity contribution in [1.29, 1.82) is 0 Å². The maximum Gasteiger partial charge on any atom is 0.255 e. The maximum atomic E-state index is 12.4. The highest BCUT2D eigenvalue weighted by Gasteiger charge is 2.08. The summed E-state index contributed by atoms with van der Waals surface area (Å²) in [7, 11) is 3.16. The third kappa shape index (κ3) is 6.02. The van der Waals surface area contributed by atoms with Gasteiger partial charge in [-0.15, -0.1) is 11.8 Å². The third-order valence-corrected chi connectivity index (χ3v) is 5.16. The van der Waals surface area contributed by atoms with E-state index in [1.807, 2.05) is 36.4 Å². The molecule has 0 unspecified atom stereocenters. The summed E-state index contributed by atoms with van der Waals surface area (Å²) in [6, 6.07) is 21.5. The Kier molecular flexibility index (Phi) is 7.34. The van der Waals surface area contributed by atoms with Gasteiger partial charge in [0.15, 0.2) is 0 Å². The molecule has 3 rings (SSSR count). The van der Waals surface area contributed by atoms with Gasteiger partial charge in [0.05, 0.1) is 20.0 Å². The first-order valence-electron chi connectivity index (χ1n) is 9.19. The van der Waals surface area contributed by atoms with Crippen molar-refractivity contribution in [3.63, 3.8) is 0 Å². The van der Waals surface area contributed by atoms with E-state index in [4.69, 9.17) is 9.47 Å². The zero-order valence-corrected chi connectivity index (χ0v) is 17.5. The lowest BCUT2D eigenvalue weighted by Gasteiger charge is -2.09. The molecule has 6 nitrogen and oxygen atoms in total. The molecule has 0 fully saturated rings. The first-order chi connectivity index (χ1) is 14.6. The van der Waals surface area contributed by atoms with E-state index in [1.54, 1.807) is 50.6 Å². The van der Waals surface area contributed by atoms with Gasteiger partial charge in [0.2, 0.25) is 5.91 Å². The van der Waals surface area contributed by atoms with Gasteiger partial charge in [0.25, 0.3) is 5.91 Å². The Labute approximate surface area is 179 Å². The summed E-state index contributed by atoms with van der Waals surface area (Å²) in [6.07, 6.45) is 0. The molecule has 3 aromatic carbocycles. The normalized spacial score (nSPS) is 10.2. The highest BCUT2D eigenvalue weighted by atomic mass is 32.2. The van der Waals surface area contributed by atoms with Gasteiger partial charge in [-0.05, 0) is 54.6 Å². The summed E-state index contributed by atoms with van der Waals surface area (Å²) in [5, 5.41) is 5.71. The second-order valence-corrected chi connectivity index (χ2v) is 7.33. The topological polar surface area (TPSA) is 76.7 Å². The van der Waals surface area contributed by atoms with Crippen LogP contribution in [0.15, 0.2) is 77.7 Å². The molecule has 0 heterocycles. The van der Waals surface area contributed by atoms with Gasteiger partial charge >= 0.3 is 0 Å². The number of hydrogen-bond acceptors (Lipinski definition) is 5. The number of amides is 2.